The Labute approximate surface area is 141 Å². The molecule has 1 aliphatic heterocycles. The zero-order valence-electron chi connectivity index (χ0n) is 13.1. The molecule has 0 saturated carbocycles. The second-order valence-corrected chi connectivity index (χ2v) is 7.64. The van der Waals surface area contributed by atoms with Crippen molar-refractivity contribution in [3.05, 3.63) is 42.5 Å². The molecule has 2 atom stereocenters. The van der Waals surface area contributed by atoms with Crippen LogP contribution in [0, 0.1) is 0 Å². The van der Waals surface area contributed by atoms with Gasteiger partial charge in [-0.2, -0.15) is 4.72 Å². The number of aliphatic hydroxyl groups excluding tert-OH is 1. The molecule has 1 fully saturated rings. The number of benzene rings is 2. The Kier molecular flexibility index (Phi) is 4.96. The lowest BCUT2D eigenvalue weighted by Gasteiger charge is -2.26. The van der Waals surface area contributed by atoms with Crippen molar-refractivity contribution in [2.45, 2.75) is 30.0 Å². The number of nitrogens with one attached hydrogen (secondary N) is 1. The molecule has 2 N–H and O–H groups in total. The van der Waals surface area contributed by atoms with E-state index in [-0.39, 0.29) is 4.90 Å². The van der Waals surface area contributed by atoms with Gasteiger partial charge in [-0.3, -0.25) is 4.90 Å². The predicted molar refractivity (Wildman–Crippen MR) is 90.9 cm³/mol. The van der Waals surface area contributed by atoms with Crippen molar-refractivity contribution < 1.29 is 18.3 Å². The lowest BCUT2D eigenvalue weighted by Crippen LogP contribution is -2.49. The molecule has 128 valence electrons. The molecule has 0 bridgehead atoms. The van der Waals surface area contributed by atoms with Gasteiger partial charge in [0, 0.05) is 19.5 Å². The third-order valence-electron chi connectivity index (χ3n) is 4.31. The van der Waals surface area contributed by atoms with Crippen LogP contribution < -0.4 is 4.72 Å². The molecule has 24 heavy (non-hydrogen) atoms. The minimum Gasteiger partial charge on any atom is -0.390 e. The first kappa shape index (κ1) is 17.0. The number of nitrogens with zero attached hydrogens (tertiary/aromatic N) is 1. The fourth-order valence-corrected chi connectivity index (χ4v) is 4.31. The van der Waals surface area contributed by atoms with E-state index in [9.17, 15) is 18.3 Å². The van der Waals surface area contributed by atoms with Crippen molar-refractivity contribution in [2.24, 2.45) is 0 Å². The van der Waals surface area contributed by atoms with Crippen LogP contribution in [0.25, 0.3) is 10.8 Å². The second-order valence-electron chi connectivity index (χ2n) is 5.92. The fourth-order valence-electron chi connectivity index (χ4n) is 3.02. The van der Waals surface area contributed by atoms with E-state index in [1.165, 1.54) is 0 Å². The average Bonchev–Trinajstić information content (AvgIpc) is 2.92. The van der Waals surface area contributed by atoms with Crippen molar-refractivity contribution >= 4 is 27.1 Å². The van der Waals surface area contributed by atoms with E-state index >= 15 is 0 Å². The van der Waals surface area contributed by atoms with E-state index in [0.29, 0.717) is 25.9 Å². The summed E-state index contributed by atoms with van der Waals surface area (Å²) < 4.78 is 27.9. The highest BCUT2D eigenvalue weighted by molar-refractivity contribution is 7.89. The van der Waals surface area contributed by atoms with Crippen molar-refractivity contribution in [1.29, 1.82) is 0 Å². The molecule has 7 heteroatoms. The number of fused-ring (bicyclic) bond motifs is 1. The SMILES string of the molecule is O=CCCN1CCC(O)C1NS(=O)(=O)c1ccc2ccccc2c1. The zero-order valence-corrected chi connectivity index (χ0v) is 13.9. The van der Waals surface area contributed by atoms with E-state index in [0.717, 1.165) is 17.1 Å². The van der Waals surface area contributed by atoms with Crippen LogP contribution >= 0.6 is 0 Å². The summed E-state index contributed by atoms with van der Waals surface area (Å²) in [5, 5.41) is 11.9. The van der Waals surface area contributed by atoms with Crippen molar-refractivity contribution in [1.82, 2.24) is 9.62 Å². The Balaban J connectivity index is 1.84. The van der Waals surface area contributed by atoms with Crippen molar-refractivity contribution in [3.8, 4) is 0 Å². The summed E-state index contributed by atoms with van der Waals surface area (Å²) in [7, 11) is -3.77. The van der Waals surface area contributed by atoms with Crippen LogP contribution in [-0.2, 0) is 14.8 Å². The maximum Gasteiger partial charge on any atom is 0.242 e. The summed E-state index contributed by atoms with van der Waals surface area (Å²) in [5.74, 6) is 0. The van der Waals surface area contributed by atoms with Gasteiger partial charge < -0.3 is 9.90 Å². The minimum atomic E-state index is -3.77. The molecular weight excluding hydrogens is 328 g/mol. The van der Waals surface area contributed by atoms with Crippen LogP contribution in [-0.4, -0.2) is 50.1 Å². The number of rotatable bonds is 6. The summed E-state index contributed by atoms with van der Waals surface area (Å²) in [5.41, 5.74) is 0. The number of sulfonamides is 1. The lowest BCUT2D eigenvalue weighted by atomic mass is 10.1. The molecule has 0 amide bonds. The molecule has 2 aromatic rings. The first-order valence-corrected chi connectivity index (χ1v) is 9.36. The number of likely N-dealkylation sites (tertiary alicyclic amines) is 1. The monoisotopic (exact) mass is 348 g/mol. The molecule has 0 aliphatic carbocycles. The highest BCUT2D eigenvalue weighted by Gasteiger charge is 2.35. The molecule has 1 saturated heterocycles. The van der Waals surface area contributed by atoms with Crippen LogP contribution in [0.4, 0.5) is 0 Å². The maximum atomic E-state index is 12.7. The standard InChI is InChI=1S/C17H20N2O4S/c20-11-3-9-19-10-8-16(21)17(19)18-24(22,23)15-7-6-13-4-1-2-5-14(13)12-15/h1-2,4-7,11-12,16-18,21H,3,8-10H2. The van der Waals surface area contributed by atoms with Gasteiger partial charge in [-0.1, -0.05) is 30.3 Å². The van der Waals surface area contributed by atoms with Gasteiger partial charge in [-0.15, -0.1) is 0 Å². The van der Waals surface area contributed by atoms with E-state index in [1.807, 2.05) is 24.3 Å². The molecule has 3 rings (SSSR count). The summed E-state index contributed by atoms with van der Waals surface area (Å²) in [6.07, 6.45) is 0.0814. The van der Waals surface area contributed by atoms with Crippen LogP contribution in [0.1, 0.15) is 12.8 Å². The molecule has 0 spiro atoms. The number of aliphatic hydroxyl groups is 1. The number of carbonyl (C=O) groups excluding carboxylic acids is 1. The molecule has 0 radical (unpaired) electrons. The Bertz CT molecular complexity index is 837. The summed E-state index contributed by atoms with van der Waals surface area (Å²) in [4.78, 5) is 12.5. The zero-order chi connectivity index (χ0) is 17.2. The van der Waals surface area contributed by atoms with Crippen LogP contribution in [0.2, 0.25) is 0 Å². The Morgan fingerprint density at radius 1 is 1.21 bits per heavy atom. The topological polar surface area (TPSA) is 86.7 Å². The van der Waals surface area contributed by atoms with E-state index < -0.39 is 22.3 Å². The van der Waals surface area contributed by atoms with E-state index in [4.69, 9.17) is 0 Å². The smallest absolute Gasteiger partial charge is 0.242 e. The predicted octanol–water partition coefficient (Wildman–Crippen LogP) is 1.10. The average molecular weight is 348 g/mol. The quantitative estimate of drug-likeness (QED) is 0.764. The number of hydrogen-bond acceptors (Lipinski definition) is 5. The fraction of sp³-hybridized carbons (Fsp3) is 0.353. The third-order valence-corrected chi connectivity index (χ3v) is 5.74. The largest absolute Gasteiger partial charge is 0.390 e. The van der Waals surface area contributed by atoms with Gasteiger partial charge in [0.1, 0.15) is 12.5 Å². The van der Waals surface area contributed by atoms with Crippen molar-refractivity contribution in [3.63, 3.8) is 0 Å². The first-order valence-electron chi connectivity index (χ1n) is 7.88. The highest BCUT2D eigenvalue weighted by atomic mass is 32.2. The molecule has 0 aromatic heterocycles. The van der Waals surface area contributed by atoms with E-state index in [1.54, 1.807) is 23.1 Å². The summed E-state index contributed by atoms with van der Waals surface area (Å²) in [6.45, 7) is 0.978. The van der Waals surface area contributed by atoms with Gasteiger partial charge >= 0.3 is 0 Å². The number of aldehydes is 1. The normalized spacial score (nSPS) is 22.0. The summed E-state index contributed by atoms with van der Waals surface area (Å²) >= 11 is 0. The lowest BCUT2D eigenvalue weighted by molar-refractivity contribution is -0.108. The minimum absolute atomic E-state index is 0.163. The number of carbonyl (C=O) groups is 1. The molecule has 2 aromatic carbocycles. The third kappa shape index (κ3) is 3.49. The Hall–Kier alpha value is -1.80. The Morgan fingerprint density at radius 3 is 2.71 bits per heavy atom. The van der Waals surface area contributed by atoms with Crippen LogP contribution in [0.3, 0.4) is 0 Å². The molecule has 1 heterocycles. The van der Waals surface area contributed by atoms with E-state index in [2.05, 4.69) is 4.72 Å². The Morgan fingerprint density at radius 2 is 1.96 bits per heavy atom. The number of hydrogen-bond donors (Lipinski definition) is 2. The molecule has 6 nitrogen and oxygen atoms in total. The molecule has 2 unspecified atom stereocenters. The van der Waals surface area contributed by atoms with Gasteiger partial charge in [0.15, 0.2) is 0 Å². The molecular formula is C17H20N2O4S. The van der Waals surface area contributed by atoms with Crippen molar-refractivity contribution in [2.75, 3.05) is 13.1 Å². The van der Waals surface area contributed by atoms with Gasteiger partial charge in [0.25, 0.3) is 0 Å². The highest BCUT2D eigenvalue weighted by Crippen LogP contribution is 2.22. The maximum absolute atomic E-state index is 12.7. The van der Waals surface area contributed by atoms with Gasteiger partial charge in [-0.25, -0.2) is 8.42 Å². The van der Waals surface area contributed by atoms with Gasteiger partial charge in [0.05, 0.1) is 11.0 Å². The van der Waals surface area contributed by atoms with Gasteiger partial charge in [0.2, 0.25) is 10.0 Å². The van der Waals surface area contributed by atoms with Gasteiger partial charge in [-0.05, 0) is 29.3 Å². The van der Waals surface area contributed by atoms with Crippen LogP contribution in [0.5, 0.6) is 0 Å². The second kappa shape index (κ2) is 6.98. The summed E-state index contributed by atoms with van der Waals surface area (Å²) in [6, 6.07) is 12.5. The molecule has 1 aliphatic rings. The first-order chi connectivity index (χ1) is 11.5. The van der Waals surface area contributed by atoms with Crippen LogP contribution in [0.15, 0.2) is 47.4 Å².